The standard InChI is InChI=1S/C14H19ClN2O2/c1-8(2)13(18)16-10-5-6-12(11(15)7-10)17-14(19)9(3)4/h5-9H,1-4H3,(H,16,18)(H,17,19). The van der Waals surface area contributed by atoms with E-state index in [2.05, 4.69) is 10.6 Å². The third kappa shape index (κ3) is 4.56. The zero-order chi connectivity index (χ0) is 14.6. The normalized spacial score (nSPS) is 10.7. The lowest BCUT2D eigenvalue weighted by Gasteiger charge is -2.12. The SMILES string of the molecule is CC(C)C(=O)Nc1ccc(NC(=O)C(C)C)c(Cl)c1. The van der Waals surface area contributed by atoms with Crippen LogP contribution in [0.2, 0.25) is 5.02 Å². The van der Waals surface area contributed by atoms with Crippen LogP contribution >= 0.6 is 11.6 Å². The lowest BCUT2D eigenvalue weighted by molar-refractivity contribution is -0.119. The predicted molar refractivity (Wildman–Crippen MR) is 78.4 cm³/mol. The summed E-state index contributed by atoms with van der Waals surface area (Å²) in [6.45, 7) is 7.24. The minimum atomic E-state index is -0.114. The summed E-state index contributed by atoms with van der Waals surface area (Å²) in [5, 5.41) is 5.88. The predicted octanol–water partition coefficient (Wildman–Crippen LogP) is 3.53. The molecule has 0 heterocycles. The summed E-state index contributed by atoms with van der Waals surface area (Å²) >= 11 is 6.08. The van der Waals surface area contributed by atoms with Gasteiger partial charge in [-0.15, -0.1) is 0 Å². The summed E-state index contributed by atoms with van der Waals surface area (Å²) in [5.41, 5.74) is 1.16. The van der Waals surface area contributed by atoms with Crippen molar-refractivity contribution in [3.05, 3.63) is 23.2 Å². The van der Waals surface area contributed by atoms with Gasteiger partial charge in [-0.2, -0.15) is 0 Å². The lowest BCUT2D eigenvalue weighted by atomic mass is 10.2. The first-order valence-corrected chi connectivity index (χ1v) is 6.60. The number of benzene rings is 1. The fourth-order valence-electron chi connectivity index (χ4n) is 1.26. The number of halogens is 1. The number of carbonyl (C=O) groups excluding carboxylic acids is 2. The van der Waals surface area contributed by atoms with Crippen molar-refractivity contribution in [3.8, 4) is 0 Å². The summed E-state index contributed by atoms with van der Waals surface area (Å²) < 4.78 is 0. The Balaban J connectivity index is 2.80. The molecule has 1 aromatic rings. The molecular weight excluding hydrogens is 264 g/mol. The molecule has 0 atom stereocenters. The molecular formula is C14H19ClN2O2. The van der Waals surface area contributed by atoms with Crippen LogP contribution in [0.15, 0.2) is 18.2 Å². The number of nitrogens with one attached hydrogen (secondary N) is 2. The summed E-state index contributed by atoms with van der Waals surface area (Å²) in [6.07, 6.45) is 0. The van der Waals surface area contributed by atoms with E-state index in [1.807, 2.05) is 13.8 Å². The highest BCUT2D eigenvalue weighted by Gasteiger charge is 2.11. The van der Waals surface area contributed by atoms with E-state index in [-0.39, 0.29) is 23.7 Å². The molecule has 0 aromatic heterocycles. The van der Waals surface area contributed by atoms with Crippen molar-refractivity contribution in [1.82, 2.24) is 0 Å². The third-order valence-electron chi connectivity index (χ3n) is 2.54. The lowest BCUT2D eigenvalue weighted by Crippen LogP contribution is -2.19. The van der Waals surface area contributed by atoms with Crippen molar-refractivity contribution in [3.63, 3.8) is 0 Å². The number of carbonyl (C=O) groups is 2. The molecule has 5 heteroatoms. The van der Waals surface area contributed by atoms with E-state index in [0.29, 0.717) is 16.4 Å². The van der Waals surface area contributed by atoms with Crippen LogP contribution in [0.1, 0.15) is 27.7 Å². The van der Waals surface area contributed by atoms with Gasteiger partial charge in [0, 0.05) is 17.5 Å². The van der Waals surface area contributed by atoms with Gasteiger partial charge in [0.05, 0.1) is 10.7 Å². The summed E-state index contributed by atoms with van der Waals surface area (Å²) in [5.74, 6) is -0.383. The molecule has 1 aromatic carbocycles. The number of amides is 2. The zero-order valence-corrected chi connectivity index (χ0v) is 12.3. The molecule has 104 valence electrons. The van der Waals surface area contributed by atoms with E-state index in [0.717, 1.165) is 0 Å². The molecule has 0 saturated heterocycles. The second-order valence-electron chi connectivity index (χ2n) is 4.98. The highest BCUT2D eigenvalue weighted by Crippen LogP contribution is 2.26. The summed E-state index contributed by atoms with van der Waals surface area (Å²) in [4.78, 5) is 23.1. The van der Waals surface area contributed by atoms with E-state index in [1.54, 1.807) is 32.0 Å². The smallest absolute Gasteiger partial charge is 0.226 e. The maximum absolute atomic E-state index is 11.6. The van der Waals surface area contributed by atoms with Crippen LogP contribution in [0.5, 0.6) is 0 Å². The van der Waals surface area contributed by atoms with Gasteiger partial charge in [-0.3, -0.25) is 9.59 Å². The topological polar surface area (TPSA) is 58.2 Å². The molecule has 4 nitrogen and oxygen atoms in total. The van der Waals surface area contributed by atoms with Crippen LogP contribution in [0.4, 0.5) is 11.4 Å². The van der Waals surface area contributed by atoms with Crippen LogP contribution < -0.4 is 10.6 Å². The van der Waals surface area contributed by atoms with Crippen molar-refractivity contribution >= 4 is 34.8 Å². The van der Waals surface area contributed by atoms with E-state index < -0.39 is 0 Å². The van der Waals surface area contributed by atoms with Crippen LogP contribution in [0, 0.1) is 11.8 Å². The first-order chi connectivity index (χ1) is 8.81. The maximum Gasteiger partial charge on any atom is 0.226 e. The van der Waals surface area contributed by atoms with Crippen molar-refractivity contribution in [1.29, 1.82) is 0 Å². The highest BCUT2D eigenvalue weighted by atomic mass is 35.5. The second-order valence-corrected chi connectivity index (χ2v) is 5.39. The second kappa shape index (κ2) is 6.57. The van der Waals surface area contributed by atoms with Crippen molar-refractivity contribution in [2.75, 3.05) is 10.6 Å². The number of rotatable bonds is 4. The molecule has 0 aliphatic rings. The number of hydrogen-bond donors (Lipinski definition) is 2. The quantitative estimate of drug-likeness (QED) is 0.887. The number of anilines is 2. The largest absolute Gasteiger partial charge is 0.326 e. The van der Waals surface area contributed by atoms with E-state index in [1.165, 1.54) is 0 Å². The Morgan fingerprint density at radius 3 is 2.00 bits per heavy atom. The fourth-order valence-corrected chi connectivity index (χ4v) is 1.49. The van der Waals surface area contributed by atoms with Crippen LogP contribution in [0.3, 0.4) is 0 Å². The van der Waals surface area contributed by atoms with Gasteiger partial charge in [-0.25, -0.2) is 0 Å². The molecule has 1 rings (SSSR count). The van der Waals surface area contributed by atoms with Crippen LogP contribution in [-0.2, 0) is 9.59 Å². The van der Waals surface area contributed by atoms with Gasteiger partial charge in [0.25, 0.3) is 0 Å². The zero-order valence-electron chi connectivity index (χ0n) is 11.6. The highest BCUT2D eigenvalue weighted by molar-refractivity contribution is 6.34. The molecule has 0 bridgehead atoms. The molecule has 0 unspecified atom stereocenters. The first kappa shape index (κ1) is 15.5. The van der Waals surface area contributed by atoms with Gasteiger partial charge in [0.2, 0.25) is 11.8 Å². The van der Waals surface area contributed by atoms with Crippen LogP contribution in [-0.4, -0.2) is 11.8 Å². The molecule has 2 N–H and O–H groups in total. The van der Waals surface area contributed by atoms with Crippen molar-refractivity contribution in [2.24, 2.45) is 11.8 Å². The molecule has 0 fully saturated rings. The van der Waals surface area contributed by atoms with E-state index >= 15 is 0 Å². The Labute approximate surface area is 118 Å². The number of hydrogen-bond acceptors (Lipinski definition) is 2. The van der Waals surface area contributed by atoms with Gasteiger partial charge in [-0.1, -0.05) is 39.3 Å². The molecule has 2 amide bonds. The van der Waals surface area contributed by atoms with E-state index in [9.17, 15) is 9.59 Å². The Morgan fingerprint density at radius 1 is 1.00 bits per heavy atom. The Kier molecular flexibility index (Phi) is 5.36. The van der Waals surface area contributed by atoms with Crippen LogP contribution in [0.25, 0.3) is 0 Å². The monoisotopic (exact) mass is 282 g/mol. The Morgan fingerprint density at radius 2 is 1.53 bits per heavy atom. The summed E-state index contributed by atoms with van der Waals surface area (Å²) in [7, 11) is 0. The first-order valence-electron chi connectivity index (χ1n) is 6.22. The average molecular weight is 283 g/mol. The fraction of sp³-hybridized carbons (Fsp3) is 0.429. The Hall–Kier alpha value is -1.55. The Bertz CT molecular complexity index is 484. The van der Waals surface area contributed by atoms with Crippen molar-refractivity contribution < 1.29 is 9.59 Å². The van der Waals surface area contributed by atoms with Gasteiger partial charge >= 0.3 is 0 Å². The molecule has 19 heavy (non-hydrogen) atoms. The molecule has 0 saturated carbocycles. The van der Waals surface area contributed by atoms with Gasteiger partial charge in [0.1, 0.15) is 0 Å². The van der Waals surface area contributed by atoms with Gasteiger partial charge in [-0.05, 0) is 18.2 Å². The molecule has 0 radical (unpaired) electrons. The molecule has 0 aliphatic heterocycles. The third-order valence-corrected chi connectivity index (χ3v) is 2.86. The van der Waals surface area contributed by atoms with Crippen molar-refractivity contribution in [2.45, 2.75) is 27.7 Å². The maximum atomic E-state index is 11.6. The average Bonchev–Trinajstić information content (AvgIpc) is 2.32. The summed E-state index contributed by atoms with van der Waals surface area (Å²) in [6, 6.07) is 5.01. The van der Waals surface area contributed by atoms with E-state index in [4.69, 9.17) is 11.6 Å². The van der Waals surface area contributed by atoms with Gasteiger partial charge in [0.15, 0.2) is 0 Å². The minimum Gasteiger partial charge on any atom is -0.326 e. The molecule has 0 aliphatic carbocycles. The minimum absolute atomic E-state index is 0.0740. The molecule has 0 spiro atoms. The van der Waals surface area contributed by atoms with Gasteiger partial charge < -0.3 is 10.6 Å².